The molecule has 3 N–H and O–H groups in total. The van der Waals surface area contributed by atoms with Crippen molar-refractivity contribution in [3.63, 3.8) is 0 Å². The summed E-state index contributed by atoms with van der Waals surface area (Å²) in [5, 5.41) is 4.05. The number of nitrogens with zero attached hydrogens (tertiary/aromatic N) is 3. The van der Waals surface area contributed by atoms with Crippen LogP contribution in [0.5, 0.6) is 5.75 Å². The Morgan fingerprint density at radius 2 is 1.71 bits per heavy atom. The first kappa shape index (κ1) is 45.9. The number of nitrogens with one attached hydrogen (secondary N) is 3. The number of pyridine rings is 1. The molecule has 1 amide bonds. The van der Waals surface area contributed by atoms with Gasteiger partial charge in [0.2, 0.25) is 0 Å². The lowest BCUT2D eigenvalue weighted by molar-refractivity contribution is -0.0435. The summed E-state index contributed by atoms with van der Waals surface area (Å²) < 4.78 is 107. The standard InChI is InChI=1S/C44H48ClF3N6O7S2/c1-43(2)14-12-32(37(25-43)30-4-6-33(45)7-5-30)27-53-17-19-54(20-18-53)34-8-10-36(39(23-34)61-28-29-22-31-13-15-50-41(31)51-26-29)42(55)52-63(58,59)35-9-11-38(49-16-21-60-3)40(24-35)62(56,57)44(46,47)48/h4-11,13,15,22-24,26,49H,12,14,16-21,25,27-28H2,1-3H3,(H,50,51)(H,52,55). The zero-order valence-corrected chi connectivity index (χ0v) is 37.3. The van der Waals surface area contributed by atoms with E-state index in [1.807, 2.05) is 29.0 Å². The van der Waals surface area contributed by atoms with Gasteiger partial charge in [0, 0.05) is 86.5 Å². The number of halogens is 4. The smallest absolute Gasteiger partial charge is 0.488 e. The van der Waals surface area contributed by atoms with Gasteiger partial charge in [0.25, 0.3) is 25.8 Å². The second-order valence-corrected chi connectivity index (χ2v) is 20.4. The molecular formula is C44H48ClF3N6O7S2. The molecule has 63 heavy (non-hydrogen) atoms. The Hall–Kier alpha value is -5.14. The molecule has 13 nitrogen and oxygen atoms in total. The second kappa shape index (κ2) is 18.5. The number of alkyl halides is 3. The number of hydrogen-bond acceptors (Lipinski definition) is 11. The number of H-pyrrole nitrogens is 1. The Morgan fingerprint density at radius 3 is 2.43 bits per heavy atom. The summed E-state index contributed by atoms with van der Waals surface area (Å²) in [6, 6.07) is 18.6. The van der Waals surface area contributed by atoms with E-state index < -0.39 is 46.8 Å². The number of carbonyl (C=O) groups is 1. The molecule has 0 bridgehead atoms. The maximum absolute atomic E-state index is 13.9. The van der Waals surface area contributed by atoms with E-state index in [1.54, 1.807) is 24.5 Å². The third kappa shape index (κ3) is 10.6. The number of rotatable bonds is 15. The maximum Gasteiger partial charge on any atom is 0.501 e. The lowest BCUT2D eigenvalue weighted by Crippen LogP contribution is -2.47. The fourth-order valence-electron chi connectivity index (χ4n) is 7.82. The molecule has 1 aliphatic carbocycles. The molecule has 0 saturated carbocycles. The highest BCUT2D eigenvalue weighted by Crippen LogP contribution is 2.43. The fourth-order valence-corrected chi connectivity index (χ4v) is 9.98. The first-order chi connectivity index (χ1) is 29.8. The fraction of sp³-hybridized carbons (Fsp3) is 0.364. The Morgan fingerprint density at radius 1 is 0.968 bits per heavy atom. The predicted molar refractivity (Wildman–Crippen MR) is 236 cm³/mol. The summed E-state index contributed by atoms with van der Waals surface area (Å²) in [6.45, 7) is 8.15. The van der Waals surface area contributed by atoms with Crippen molar-refractivity contribution in [2.45, 2.75) is 55.0 Å². The average Bonchev–Trinajstić information content (AvgIpc) is 3.72. The van der Waals surface area contributed by atoms with Crippen molar-refractivity contribution in [3.8, 4) is 5.75 Å². The van der Waals surface area contributed by atoms with Gasteiger partial charge < -0.3 is 24.7 Å². The molecule has 0 atom stereocenters. The summed E-state index contributed by atoms with van der Waals surface area (Å²) >= 11 is 6.22. The molecule has 0 spiro atoms. The van der Waals surface area contributed by atoms with Crippen LogP contribution in [0.1, 0.15) is 54.6 Å². The minimum absolute atomic E-state index is 0.0159. The van der Waals surface area contributed by atoms with E-state index in [0.717, 1.165) is 62.1 Å². The lowest BCUT2D eigenvalue weighted by Gasteiger charge is -2.39. The number of allylic oxidation sites excluding steroid dienone is 1. The van der Waals surface area contributed by atoms with Crippen LogP contribution in [0.4, 0.5) is 24.5 Å². The molecule has 5 aromatic rings. The summed E-state index contributed by atoms with van der Waals surface area (Å²) in [7, 11) is -9.62. The van der Waals surface area contributed by atoms with E-state index in [-0.39, 0.29) is 36.5 Å². The van der Waals surface area contributed by atoms with Gasteiger partial charge in [-0.1, -0.05) is 43.2 Å². The number of aromatic nitrogens is 2. The molecule has 7 rings (SSSR count). The summed E-state index contributed by atoms with van der Waals surface area (Å²) in [5.74, 6) is -1.11. The number of anilines is 2. The molecule has 2 aromatic heterocycles. The minimum Gasteiger partial charge on any atom is -0.488 e. The number of aromatic amines is 1. The van der Waals surface area contributed by atoms with Gasteiger partial charge >= 0.3 is 5.51 Å². The summed E-state index contributed by atoms with van der Waals surface area (Å²) in [5.41, 5.74) is -0.197. The molecule has 0 radical (unpaired) electrons. The second-order valence-electron chi connectivity index (χ2n) is 16.4. The van der Waals surface area contributed by atoms with Crippen LogP contribution in [0.2, 0.25) is 5.02 Å². The molecule has 1 aliphatic heterocycles. The monoisotopic (exact) mass is 928 g/mol. The van der Waals surface area contributed by atoms with Gasteiger partial charge in [-0.2, -0.15) is 13.2 Å². The van der Waals surface area contributed by atoms with E-state index >= 15 is 0 Å². The van der Waals surface area contributed by atoms with Crippen molar-refractivity contribution in [1.29, 1.82) is 0 Å². The van der Waals surface area contributed by atoms with Gasteiger partial charge in [-0.15, -0.1) is 0 Å². The molecule has 336 valence electrons. The molecule has 3 aromatic carbocycles. The number of benzene rings is 3. The van der Waals surface area contributed by atoms with Crippen molar-refractivity contribution in [1.82, 2.24) is 19.6 Å². The Bertz CT molecular complexity index is 2740. The Balaban J connectivity index is 1.12. The molecule has 1 fully saturated rings. The summed E-state index contributed by atoms with van der Waals surface area (Å²) in [4.78, 5) is 23.6. The third-order valence-corrected chi connectivity index (χ3v) is 14.4. The number of hydrogen-bond donors (Lipinski definition) is 3. The molecule has 1 saturated heterocycles. The first-order valence-electron chi connectivity index (χ1n) is 20.2. The van der Waals surface area contributed by atoms with Crippen LogP contribution < -0.4 is 19.7 Å². The van der Waals surface area contributed by atoms with Crippen molar-refractivity contribution >= 4 is 65.3 Å². The van der Waals surface area contributed by atoms with Crippen LogP contribution in [0, 0.1) is 5.41 Å². The average molecular weight is 929 g/mol. The van der Waals surface area contributed by atoms with E-state index in [1.165, 1.54) is 29.9 Å². The largest absolute Gasteiger partial charge is 0.501 e. The molecule has 2 aliphatic rings. The van der Waals surface area contributed by atoms with Crippen LogP contribution >= 0.6 is 11.6 Å². The minimum atomic E-state index is -6.03. The topological polar surface area (TPSA) is 163 Å². The molecule has 3 heterocycles. The molecular weight excluding hydrogens is 881 g/mol. The quantitative estimate of drug-likeness (QED) is 0.0871. The Labute approximate surface area is 369 Å². The predicted octanol–water partition coefficient (Wildman–Crippen LogP) is 8.05. The van der Waals surface area contributed by atoms with Crippen LogP contribution in [0.15, 0.2) is 101 Å². The van der Waals surface area contributed by atoms with Gasteiger partial charge in [-0.25, -0.2) is 26.5 Å². The maximum atomic E-state index is 13.9. The van der Waals surface area contributed by atoms with Crippen molar-refractivity contribution < 1.29 is 44.3 Å². The van der Waals surface area contributed by atoms with Crippen molar-refractivity contribution in [2.24, 2.45) is 5.41 Å². The van der Waals surface area contributed by atoms with Crippen molar-refractivity contribution in [2.75, 3.05) is 63.2 Å². The van der Waals surface area contributed by atoms with Gasteiger partial charge in [0.15, 0.2) is 0 Å². The van der Waals surface area contributed by atoms with Crippen LogP contribution in [-0.2, 0) is 31.2 Å². The van der Waals surface area contributed by atoms with Gasteiger partial charge in [0.1, 0.15) is 22.9 Å². The van der Waals surface area contributed by atoms with Crippen molar-refractivity contribution in [3.05, 3.63) is 112 Å². The summed E-state index contributed by atoms with van der Waals surface area (Å²) in [6.07, 6.45) is 6.42. The zero-order valence-electron chi connectivity index (χ0n) is 34.9. The lowest BCUT2D eigenvalue weighted by atomic mass is 9.72. The van der Waals surface area contributed by atoms with E-state index in [2.05, 4.69) is 51.1 Å². The highest BCUT2D eigenvalue weighted by molar-refractivity contribution is 7.92. The highest BCUT2D eigenvalue weighted by Gasteiger charge is 2.48. The van der Waals surface area contributed by atoms with Crippen LogP contribution in [0.3, 0.4) is 0 Å². The number of sulfone groups is 1. The number of carbonyl (C=O) groups excluding carboxylic acids is 1. The Kier molecular flexibility index (Phi) is 13.5. The number of piperazine rings is 1. The van der Waals surface area contributed by atoms with E-state index in [4.69, 9.17) is 21.1 Å². The highest BCUT2D eigenvalue weighted by atomic mass is 35.5. The zero-order chi connectivity index (χ0) is 45.2. The van der Waals surface area contributed by atoms with Crippen LogP contribution in [-0.4, -0.2) is 96.1 Å². The van der Waals surface area contributed by atoms with Gasteiger partial charge in [-0.3, -0.25) is 9.69 Å². The molecule has 19 heteroatoms. The number of amides is 1. The van der Waals surface area contributed by atoms with Gasteiger partial charge in [-0.05, 0) is 90.4 Å². The van der Waals surface area contributed by atoms with Crippen LogP contribution in [0.25, 0.3) is 16.6 Å². The number of ether oxygens (including phenoxy) is 2. The SMILES string of the molecule is COCCNc1ccc(S(=O)(=O)NC(=O)c2ccc(N3CCN(CC4=C(c5ccc(Cl)cc5)CC(C)(C)CC4)CC3)cc2OCc2cnc3[nH]ccc3c2)cc1S(=O)(=O)C(F)(F)F. The third-order valence-electron chi connectivity index (χ3n) is 11.3. The molecule has 0 unspecified atom stereocenters. The first-order valence-corrected chi connectivity index (χ1v) is 23.6. The number of methoxy groups -OCH3 is 1. The van der Waals surface area contributed by atoms with E-state index in [0.29, 0.717) is 35.4 Å². The van der Waals surface area contributed by atoms with E-state index in [9.17, 15) is 34.8 Å². The number of fused-ring (bicyclic) bond motifs is 1. The number of sulfonamides is 1. The normalized spacial score (nSPS) is 16.3. The van der Waals surface area contributed by atoms with Gasteiger partial charge in [0.05, 0.1) is 22.8 Å².